The molecule has 1 N–H and O–H groups in total. The highest BCUT2D eigenvalue weighted by atomic mass is 15.1. The number of nitrogens with zero attached hydrogens (tertiary/aromatic N) is 2. The van der Waals surface area contributed by atoms with Crippen molar-refractivity contribution < 1.29 is 0 Å². The molecule has 0 unspecified atom stereocenters. The van der Waals surface area contributed by atoms with E-state index in [1.54, 1.807) is 0 Å². The third kappa shape index (κ3) is 4.09. The Labute approximate surface area is 185 Å². The number of nitrogens with one attached hydrogen (secondary N) is 1. The van der Waals surface area contributed by atoms with E-state index in [2.05, 4.69) is 129 Å². The Morgan fingerprint density at radius 2 is 1.26 bits per heavy atom. The molecule has 0 heterocycles. The summed E-state index contributed by atoms with van der Waals surface area (Å²) in [6.07, 6.45) is 0. The van der Waals surface area contributed by atoms with Crippen LogP contribution in [0.15, 0.2) is 72.8 Å². The molecule has 0 aliphatic heterocycles. The second-order valence-electron chi connectivity index (χ2n) is 8.21. The molecule has 0 aliphatic carbocycles. The van der Waals surface area contributed by atoms with Gasteiger partial charge in [-0.15, -0.1) is 0 Å². The summed E-state index contributed by atoms with van der Waals surface area (Å²) in [5.74, 6) is 0. The van der Waals surface area contributed by atoms with E-state index in [0.717, 1.165) is 17.5 Å². The molecule has 0 atom stereocenters. The van der Waals surface area contributed by atoms with Crippen molar-refractivity contribution in [3.63, 3.8) is 0 Å². The molecule has 0 bridgehead atoms. The van der Waals surface area contributed by atoms with Gasteiger partial charge in [0.15, 0.2) is 0 Å². The van der Waals surface area contributed by atoms with Gasteiger partial charge < -0.3 is 15.1 Å². The van der Waals surface area contributed by atoms with Crippen LogP contribution in [0.5, 0.6) is 0 Å². The quantitative estimate of drug-likeness (QED) is 0.391. The van der Waals surface area contributed by atoms with Crippen LogP contribution in [0.2, 0.25) is 0 Å². The van der Waals surface area contributed by atoms with Crippen LogP contribution in [-0.4, -0.2) is 34.7 Å². The third-order valence-electron chi connectivity index (χ3n) is 5.65. The van der Waals surface area contributed by atoms with E-state index in [4.69, 9.17) is 0 Å². The second kappa shape index (κ2) is 8.73. The van der Waals surface area contributed by atoms with Crippen molar-refractivity contribution in [2.45, 2.75) is 6.92 Å². The molecule has 0 aromatic heterocycles. The Morgan fingerprint density at radius 3 is 1.81 bits per heavy atom. The smallest absolute Gasteiger partial charge is 0.0506 e. The Hall–Kier alpha value is -3.46. The highest BCUT2D eigenvalue weighted by molar-refractivity contribution is 6.07. The molecule has 1 radical (unpaired) electrons. The summed E-state index contributed by atoms with van der Waals surface area (Å²) in [7, 11) is 8.28. The monoisotopic (exact) mass is 408 g/mol. The van der Waals surface area contributed by atoms with Crippen molar-refractivity contribution in [1.82, 2.24) is 0 Å². The number of benzene rings is 4. The van der Waals surface area contributed by atoms with Gasteiger partial charge in [-0.2, -0.15) is 0 Å². The molecule has 0 saturated carbocycles. The summed E-state index contributed by atoms with van der Waals surface area (Å²) < 4.78 is 0. The minimum Gasteiger partial charge on any atom is -0.384 e. The Morgan fingerprint density at radius 1 is 0.710 bits per heavy atom. The minimum atomic E-state index is 0.857. The summed E-state index contributed by atoms with van der Waals surface area (Å²) >= 11 is 0. The molecule has 157 valence electrons. The van der Waals surface area contributed by atoms with E-state index in [1.807, 2.05) is 0 Å². The molecule has 0 saturated heterocycles. The first-order valence-corrected chi connectivity index (χ1v) is 10.8. The van der Waals surface area contributed by atoms with E-state index in [-0.39, 0.29) is 0 Å². The van der Waals surface area contributed by atoms with Gasteiger partial charge in [0.05, 0.1) is 5.69 Å². The van der Waals surface area contributed by atoms with Gasteiger partial charge in [-0.05, 0) is 53.8 Å². The molecule has 4 aromatic rings. The summed E-state index contributed by atoms with van der Waals surface area (Å²) in [6, 6.07) is 29.8. The lowest BCUT2D eigenvalue weighted by Gasteiger charge is -2.21. The second-order valence-corrected chi connectivity index (χ2v) is 8.21. The van der Waals surface area contributed by atoms with Gasteiger partial charge in [-0.1, -0.05) is 48.5 Å². The SMILES string of the molecule is CCNc1c(-c2ccc(N(C)C)cc2)c(-c2ccc(N(C)C)cc2)[c]c2ccccc12. The third-order valence-corrected chi connectivity index (χ3v) is 5.65. The van der Waals surface area contributed by atoms with E-state index >= 15 is 0 Å². The maximum atomic E-state index is 3.73. The molecular formula is C28H30N3. The summed E-state index contributed by atoms with van der Waals surface area (Å²) in [5, 5.41) is 5.98. The number of rotatable bonds is 6. The summed E-state index contributed by atoms with van der Waals surface area (Å²) in [4.78, 5) is 4.25. The molecule has 4 rings (SSSR count). The van der Waals surface area contributed by atoms with Crippen LogP contribution in [0.4, 0.5) is 17.1 Å². The molecule has 3 nitrogen and oxygen atoms in total. The van der Waals surface area contributed by atoms with Gasteiger partial charge in [0.25, 0.3) is 0 Å². The fourth-order valence-corrected chi connectivity index (χ4v) is 3.99. The van der Waals surface area contributed by atoms with Crippen LogP contribution >= 0.6 is 0 Å². The largest absolute Gasteiger partial charge is 0.384 e. The zero-order valence-corrected chi connectivity index (χ0v) is 19.0. The predicted octanol–water partition coefficient (Wildman–Crippen LogP) is 6.54. The van der Waals surface area contributed by atoms with E-state index in [0.29, 0.717) is 0 Å². The molecule has 4 aromatic carbocycles. The number of hydrogen-bond donors (Lipinski definition) is 1. The molecule has 0 spiro atoms. The van der Waals surface area contributed by atoms with Crippen LogP contribution in [0, 0.1) is 6.07 Å². The lowest BCUT2D eigenvalue weighted by molar-refractivity contribution is 1.13. The van der Waals surface area contributed by atoms with E-state index in [1.165, 1.54) is 39.1 Å². The molecule has 31 heavy (non-hydrogen) atoms. The van der Waals surface area contributed by atoms with Crippen LogP contribution in [0.1, 0.15) is 6.92 Å². The highest BCUT2D eigenvalue weighted by Crippen LogP contribution is 2.43. The van der Waals surface area contributed by atoms with Crippen LogP contribution in [0.25, 0.3) is 33.0 Å². The normalized spacial score (nSPS) is 10.9. The molecule has 0 fully saturated rings. The van der Waals surface area contributed by atoms with Crippen LogP contribution in [0.3, 0.4) is 0 Å². The zero-order valence-electron chi connectivity index (χ0n) is 19.0. The van der Waals surface area contributed by atoms with Crippen molar-refractivity contribution >= 4 is 27.8 Å². The maximum absolute atomic E-state index is 3.73. The first-order chi connectivity index (χ1) is 15.0. The maximum Gasteiger partial charge on any atom is 0.0506 e. The average molecular weight is 409 g/mol. The van der Waals surface area contributed by atoms with Gasteiger partial charge in [0.1, 0.15) is 0 Å². The van der Waals surface area contributed by atoms with E-state index in [9.17, 15) is 0 Å². The Balaban J connectivity index is 2.00. The Kier molecular flexibility index (Phi) is 5.85. The lowest BCUT2D eigenvalue weighted by Crippen LogP contribution is -2.08. The minimum absolute atomic E-state index is 0.857. The summed E-state index contributed by atoms with van der Waals surface area (Å²) in [5.41, 5.74) is 8.23. The van der Waals surface area contributed by atoms with Gasteiger partial charge >= 0.3 is 0 Å². The number of fused-ring (bicyclic) bond motifs is 1. The molecular weight excluding hydrogens is 378 g/mol. The van der Waals surface area contributed by atoms with Crippen molar-refractivity contribution in [1.29, 1.82) is 0 Å². The van der Waals surface area contributed by atoms with Gasteiger partial charge in [0.2, 0.25) is 0 Å². The van der Waals surface area contributed by atoms with Crippen LogP contribution < -0.4 is 15.1 Å². The standard InChI is InChI=1S/C28H30N3/c1-6-29-28-25-10-8-7-9-22(25)19-26(20-11-15-23(16-12-20)30(2)3)27(28)21-13-17-24(18-14-21)31(4)5/h7-18,29H,6H2,1-5H3. The fraction of sp³-hybridized carbons (Fsp3) is 0.214. The highest BCUT2D eigenvalue weighted by Gasteiger charge is 2.17. The van der Waals surface area contributed by atoms with Gasteiger partial charge in [-0.3, -0.25) is 0 Å². The van der Waals surface area contributed by atoms with E-state index < -0.39 is 0 Å². The molecule has 3 heteroatoms. The van der Waals surface area contributed by atoms with Gasteiger partial charge in [-0.25, -0.2) is 0 Å². The Bertz CT molecular complexity index is 1170. The number of hydrogen-bond acceptors (Lipinski definition) is 3. The first-order valence-electron chi connectivity index (χ1n) is 10.8. The zero-order chi connectivity index (χ0) is 22.0. The lowest BCUT2D eigenvalue weighted by atomic mass is 9.89. The first kappa shape index (κ1) is 20.8. The molecule has 0 aliphatic rings. The topological polar surface area (TPSA) is 18.5 Å². The average Bonchev–Trinajstić information content (AvgIpc) is 2.79. The van der Waals surface area contributed by atoms with Crippen molar-refractivity contribution in [2.24, 2.45) is 0 Å². The van der Waals surface area contributed by atoms with Crippen molar-refractivity contribution in [3.05, 3.63) is 78.9 Å². The van der Waals surface area contributed by atoms with Crippen molar-refractivity contribution in [2.75, 3.05) is 49.9 Å². The van der Waals surface area contributed by atoms with Crippen molar-refractivity contribution in [3.8, 4) is 22.3 Å². The fourth-order valence-electron chi connectivity index (χ4n) is 3.99. The van der Waals surface area contributed by atoms with Gasteiger partial charge in [0, 0.05) is 62.6 Å². The number of anilines is 3. The summed E-state index contributed by atoms with van der Waals surface area (Å²) in [6.45, 7) is 3.01. The van der Waals surface area contributed by atoms with Crippen LogP contribution in [-0.2, 0) is 0 Å². The predicted molar refractivity (Wildman–Crippen MR) is 136 cm³/mol. The molecule has 0 amide bonds.